The lowest BCUT2D eigenvalue weighted by Gasteiger charge is -2.44. The van der Waals surface area contributed by atoms with Crippen molar-refractivity contribution in [1.29, 1.82) is 0 Å². The number of nitrogens with one attached hydrogen (secondary N) is 2. The van der Waals surface area contributed by atoms with Crippen molar-refractivity contribution >= 4 is 28.4 Å². The molecule has 3 aromatic rings. The van der Waals surface area contributed by atoms with E-state index in [1.54, 1.807) is 6.92 Å². The Hall–Kier alpha value is -3.09. The number of piperazine rings is 1. The van der Waals surface area contributed by atoms with Gasteiger partial charge >= 0.3 is 0 Å². The zero-order valence-corrected chi connectivity index (χ0v) is 16.7. The molecule has 7 nitrogen and oxygen atoms in total. The summed E-state index contributed by atoms with van der Waals surface area (Å²) in [7, 11) is 1.89. The Morgan fingerprint density at radius 2 is 2.04 bits per heavy atom. The number of hydrogen-bond acceptors (Lipinski definition) is 5. The second-order valence-corrected chi connectivity index (χ2v) is 7.48. The number of anilines is 2. The number of aromatic amines is 1. The van der Waals surface area contributed by atoms with Crippen LogP contribution in [0.3, 0.4) is 0 Å². The highest BCUT2D eigenvalue weighted by Crippen LogP contribution is 2.30. The molecule has 1 aliphatic rings. The summed E-state index contributed by atoms with van der Waals surface area (Å²) in [4.78, 5) is 28.8. The molecule has 0 radical (unpaired) electrons. The van der Waals surface area contributed by atoms with Gasteiger partial charge in [-0.1, -0.05) is 6.07 Å². The number of nitrogens with zero attached hydrogens (tertiary/aromatic N) is 4. The van der Waals surface area contributed by atoms with Crippen LogP contribution in [0.5, 0.6) is 0 Å². The van der Waals surface area contributed by atoms with Gasteiger partial charge in [0.05, 0.1) is 17.6 Å². The Balaban J connectivity index is 0.00000240. The van der Waals surface area contributed by atoms with E-state index in [1.165, 1.54) is 0 Å². The van der Waals surface area contributed by atoms with Gasteiger partial charge in [0.15, 0.2) is 0 Å². The molecule has 0 aliphatic carbocycles. The van der Waals surface area contributed by atoms with Crippen LogP contribution in [0.15, 0.2) is 36.7 Å². The summed E-state index contributed by atoms with van der Waals surface area (Å²) in [6.07, 6.45) is 3.77. The third-order valence-corrected chi connectivity index (χ3v) is 5.44. The van der Waals surface area contributed by atoms with Crippen molar-refractivity contribution in [1.82, 2.24) is 19.9 Å². The highest BCUT2D eigenvalue weighted by atomic mass is 16.2. The van der Waals surface area contributed by atoms with E-state index in [1.807, 2.05) is 42.5 Å². The second kappa shape index (κ2) is 7.14. The fourth-order valence-corrected chi connectivity index (χ4v) is 4.23. The summed E-state index contributed by atoms with van der Waals surface area (Å²) >= 11 is 0. The molecule has 28 heavy (non-hydrogen) atoms. The third kappa shape index (κ3) is 3.17. The number of amides is 1. The molecule has 4 rings (SSSR count). The highest BCUT2D eigenvalue weighted by Gasteiger charge is 2.31. The molecule has 0 aromatic carbocycles. The van der Waals surface area contributed by atoms with Gasteiger partial charge in [-0.05, 0) is 32.0 Å². The number of carbonyl (C=O) groups excluding carboxylic acids is 1. The Bertz CT molecular complexity index is 1010. The maximum atomic E-state index is 11.9. The number of carbonyl (C=O) groups is 1. The monoisotopic (exact) mass is 380 g/mol. The van der Waals surface area contributed by atoms with Gasteiger partial charge in [-0.25, -0.2) is 9.97 Å². The number of aromatic nitrogens is 3. The van der Waals surface area contributed by atoms with Gasteiger partial charge < -0.3 is 20.1 Å². The first kappa shape index (κ1) is 18.3. The minimum Gasteiger partial charge on any atom is -0.387 e. The normalized spacial score (nSPS) is 19.9. The molecule has 0 unspecified atom stereocenters. The summed E-state index contributed by atoms with van der Waals surface area (Å²) in [5, 5.41) is 4.18. The molecule has 1 fully saturated rings. The van der Waals surface area contributed by atoms with E-state index >= 15 is 0 Å². The lowest BCUT2D eigenvalue weighted by Crippen LogP contribution is -2.58. The van der Waals surface area contributed by atoms with E-state index < -0.39 is 0 Å². The number of pyridine rings is 2. The number of H-pyrrole nitrogens is 1. The molecule has 0 saturated carbocycles. The van der Waals surface area contributed by atoms with Crippen LogP contribution < -0.4 is 10.2 Å². The predicted molar refractivity (Wildman–Crippen MR) is 115 cm³/mol. The van der Waals surface area contributed by atoms with E-state index in [4.69, 9.17) is 4.98 Å². The van der Waals surface area contributed by atoms with Gasteiger partial charge in [0.1, 0.15) is 11.5 Å². The van der Waals surface area contributed by atoms with Gasteiger partial charge in [0, 0.05) is 57.7 Å². The summed E-state index contributed by atoms with van der Waals surface area (Å²) in [6.45, 7) is 7.39. The quantitative estimate of drug-likeness (QED) is 0.729. The van der Waals surface area contributed by atoms with Crippen LogP contribution in [0.25, 0.3) is 22.3 Å². The van der Waals surface area contributed by atoms with Crippen molar-refractivity contribution in [3.05, 3.63) is 36.7 Å². The van der Waals surface area contributed by atoms with Crippen LogP contribution in [0.4, 0.5) is 11.5 Å². The second-order valence-electron chi connectivity index (χ2n) is 7.48. The van der Waals surface area contributed by atoms with E-state index in [0.717, 1.165) is 46.9 Å². The van der Waals surface area contributed by atoms with Crippen molar-refractivity contribution in [3.8, 4) is 11.3 Å². The minimum absolute atomic E-state index is 0. The predicted octanol–water partition coefficient (Wildman–Crippen LogP) is 3.36. The Kier molecular flexibility index (Phi) is 4.66. The summed E-state index contributed by atoms with van der Waals surface area (Å²) in [6, 6.07) is 8.50. The van der Waals surface area contributed by atoms with Crippen LogP contribution >= 0.6 is 0 Å². The number of fused-ring (bicyclic) bond motifs is 1. The molecule has 2 N–H and O–H groups in total. The van der Waals surface area contributed by atoms with E-state index in [0.29, 0.717) is 0 Å². The van der Waals surface area contributed by atoms with Crippen molar-refractivity contribution in [2.45, 2.75) is 32.9 Å². The maximum Gasteiger partial charge on any atom is 0.220 e. The minimum atomic E-state index is 0. The Morgan fingerprint density at radius 3 is 2.71 bits per heavy atom. The summed E-state index contributed by atoms with van der Waals surface area (Å²) in [5.41, 5.74) is 3.75. The van der Waals surface area contributed by atoms with Gasteiger partial charge in [0.2, 0.25) is 5.91 Å². The van der Waals surface area contributed by atoms with E-state index in [9.17, 15) is 4.79 Å². The lowest BCUT2D eigenvalue weighted by atomic mass is 10.1. The van der Waals surface area contributed by atoms with Crippen LogP contribution in [0.2, 0.25) is 0 Å². The molecule has 0 bridgehead atoms. The average Bonchev–Trinajstić information content (AvgIpc) is 3.10. The SMILES string of the molecule is CNc1cnc2[nH]cc(-c3cccc(N4C[C@@H](C)N(C(C)=O)[C@@H](C)C4)n3)c2c1.[HH]. The van der Waals surface area contributed by atoms with Crippen molar-refractivity contribution < 1.29 is 6.22 Å². The summed E-state index contributed by atoms with van der Waals surface area (Å²) in [5.74, 6) is 1.07. The molecule has 1 saturated heterocycles. The number of hydrogen-bond donors (Lipinski definition) is 2. The molecule has 148 valence electrons. The van der Waals surface area contributed by atoms with Crippen molar-refractivity contribution in [3.63, 3.8) is 0 Å². The molecule has 0 spiro atoms. The van der Waals surface area contributed by atoms with Crippen LogP contribution in [0, 0.1) is 0 Å². The smallest absolute Gasteiger partial charge is 0.220 e. The lowest BCUT2D eigenvalue weighted by molar-refractivity contribution is -0.133. The third-order valence-electron chi connectivity index (χ3n) is 5.44. The first-order valence-corrected chi connectivity index (χ1v) is 9.64. The Morgan fingerprint density at radius 1 is 1.29 bits per heavy atom. The van der Waals surface area contributed by atoms with Gasteiger partial charge in [-0.3, -0.25) is 4.79 Å². The van der Waals surface area contributed by atoms with Crippen LogP contribution in [-0.2, 0) is 4.79 Å². The molecule has 1 amide bonds. The van der Waals surface area contributed by atoms with Gasteiger partial charge in [-0.15, -0.1) is 0 Å². The standard InChI is InChI=1S/C21H26N6O.H2/c1-13-11-26(12-14(2)27(13)15(3)28)20-7-5-6-19(25-20)18-10-24-21-17(18)8-16(22-4)9-23-21;/h5-10,13-14,22H,11-12H2,1-4H3,(H,23,24);1H/t13-,14+;. The van der Waals surface area contributed by atoms with Gasteiger partial charge in [-0.2, -0.15) is 0 Å². The Labute approximate surface area is 166 Å². The first-order chi connectivity index (χ1) is 13.5. The van der Waals surface area contributed by atoms with E-state index in [2.05, 4.69) is 40.1 Å². The zero-order chi connectivity index (χ0) is 19.8. The molecule has 1 aliphatic heterocycles. The van der Waals surface area contributed by atoms with Crippen LogP contribution in [-0.4, -0.2) is 58.0 Å². The maximum absolute atomic E-state index is 11.9. The average molecular weight is 380 g/mol. The number of rotatable bonds is 3. The van der Waals surface area contributed by atoms with Gasteiger partial charge in [0.25, 0.3) is 0 Å². The van der Waals surface area contributed by atoms with E-state index in [-0.39, 0.29) is 19.4 Å². The zero-order valence-electron chi connectivity index (χ0n) is 16.7. The topological polar surface area (TPSA) is 77.2 Å². The molecular weight excluding hydrogens is 352 g/mol. The molecule has 4 heterocycles. The van der Waals surface area contributed by atoms with Crippen LogP contribution in [0.1, 0.15) is 22.2 Å². The fourth-order valence-electron chi connectivity index (χ4n) is 4.23. The molecule has 7 heteroatoms. The van der Waals surface area contributed by atoms with Crippen molar-refractivity contribution in [2.24, 2.45) is 0 Å². The molecule has 2 atom stereocenters. The first-order valence-electron chi connectivity index (χ1n) is 9.64. The van der Waals surface area contributed by atoms with Crippen molar-refractivity contribution in [2.75, 3.05) is 30.4 Å². The molecular formula is C21H28N6O. The highest BCUT2D eigenvalue weighted by molar-refractivity contribution is 5.94. The largest absolute Gasteiger partial charge is 0.387 e. The molecule has 3 aromatic heterocycles. The fraction of sp³-hybridized carbons (Fsp3) is 0.381. The summed E-state index contributed by atoms with van der Waals surface area (Å²) < 4.78 is 0.